The van der Waals surface area contributed by atoms with E-state index in [9.17, 15) is 9.18 Å². The maximum atomic E-state index is 13.7. The molecular formula is C13H11ClFNO2. The van der Waals surface area contributed by atoms with Crippen LogP contribution in [0.2, 0.25) is 5.02 Å². The molecule has 0 atom stereocenters. The molecule has 0 saturated carbocycles. The summed E-state index contributed by atoms with van der Waals surface area (Å²) >= 11 is 5.82. The first kappa shape index (κ1) is 12.6. The van der Waals surface area contributed by atoms with Crippen LogP contribution in [0.1, 0.15) is 21.7 Å². The summed E-state index contributed by atoms with van der Waals surface area (Å²) in [5, 5.41) is 8.74. The number of benzene rings is 1. The van der Waals surface area contributed by atoms with Crippen LogP contribution in [-0.4, -0.2) is 15.6 Å². The Hall–Kier alpha value is -1.81. The quantitative estimate of drug-likeness (QED) is 0.904. The molecule has 1 aromatic heterocycles. The summed E-state index contributed by atoms with van der Waals surface area (Å²) in [7, 11) is 0. The van der Waals surface area contributed by atoms with Crippen LogP contribution < -0.4 is 0 Å². The van der Waals surface area contributed by atoms with Gasteiger partial charge in [-0.3, -0.25) is 0 Å². The number of carboxylic acid groups (broad SMARTS) is 1. The highest BCUT2D eigenvalue weighted by atomic mass is 35.5. The van der Waals surface area contributed by atoms with Gasteiger partial charge in [-0.25, -0.2) is 9.18 Å². The first-order valence-corrected chi connectivity index (χ1v) is 5.67. The fourth-order valence-corrected chi connectivity index (χ4v) is 2.25. The number of aromatic nitrogens is 1. The predicted octanol–water partition coefficient (Wildman–Crippen LogP) is 3.58. The van der Waals surface area contributed by atoms with Gasteiger partial charge in [-0.05, 0) is 38.1 Å². The lowest BCUT2D eigenvalue weighted by molar-refractivity contribution is 0.0692. The number of rotatable bonds is 2. The third-order valence-corrected chi connectivity index (χ3v) is 3.07. The summed E-state index contributed by atoms with van der Waals surface area (Å²) in [5.74, 6) is -2.21. The van der Waals surface area contributed by atoms with Crippen molar-refractivity contribution >= 4 is 17.6 Å². The van der Waals surface area contributed by atoms with Crippen LogP contribution in [0, 0.1) is 19.7 Å². The van der Waals surface area contributed by atoms with E-state index in [0.717, 1.165) is 11.4 Å². The number of aryl methyl sites for hydroxylation is 2. The molecule has 0 spiro atoms. The maximum absolute atomic E-state index is 13.7. The minimum Gasteiger partial charge on any atom is -0.478 e. The number of hydrogen-bond acceptors (Lipinski definition) is 1. The molecule has 0 aliphatic carbocycles. The van der Waals surface area contributed by atoms with Crippen LogP contribution in [0.15, 0.2) is 24.3 Å². The second-order valence-corrected chi connectivity index (χ2v) is 4.45. The van der Waals surface area contributed by atoms with Crippen molar-refractivity contribution in [2.75, 3.05) is 0 Å². The largest absolute Gasteiger partial charge is 0.478 e. The smallest absolute Gasteiger partial charge is 0.340 e. The minimum atomic E-state index is -1.37. The molecule has 0 radical (unpaired) electrons. The fourth-order valence-electron chi connectivity index (χ4n) is 1.97. The lowest BCUT2D eigenvalue weighted by atomic mass is 10.2. The molecule has 0 amide bonds. The Morgan fingerprint density at radius 1 is 1.28 bits per heavy atom. The van der Waals surface area contributed by atoms with Gasteiger partial charge in [0.1, 0.15) is 11.4 Å². The summed E-state index contributed by atoms with van der Waals surface area (Å²) in [5.41, 5.74) is 1.86. The molecule has 5 heteroatoms. The summed E-state index contributed by atoms with van der Waals surface area (Å²) in [6.45, 7) is 3.76. The van der Waals surface area contributed by atoms with E-state index in [-0.39, 0.29) is 5.02 Å². The van der Waals surface area contributed by atoms with Gasteiger partial charge in [0.25, 0.3) is 0 Å². The summed E-state index contributed by atoms with van der Waals surface area (Å²) in [6.07, 6.45) is 0. The third kappa shape index (κ3) is 1.99. The van der Waals surface area contributed by atoms with Crippen molar-refractivity contribution in [3.63, 3.8) is 0 Å². The van der Waals surface area contributed by atoms with Crippen LogP contribution >= 0.6 is 11.6 Å². The molecule has 3 nitrogen and oxygen atoms in total. The Balaban J connectivity index is 2.66. The van der Waals surface area contributed by atoms with E-state index < -0.39 is 17.3 Å². The van der Waals surface area contributed by atoms with Crippen molar-refractivity contribution in [3.05, 3.63) is 52.1 Å². The number of halogens is 2. The molecule has 1 aromatic carbocycles. The van der Waals surface area contributed by atoms with Crippen LogP contribution in [0.4, 0.5) is 4.39 Å². The summed E-state index contributed by atoms with van der Waals surface area (Å²) in [6, 6.07) is 6.42. The molecule has 2 aromatic rings. The van der Waals surface area contributed by atoms with Gasteiger partial charge in [-0.2, -0.15) is 0 Å². The molecule has 0 saturated heterocycles. The maximum Gasteiger partial charge on any atom is 0.340 e. The van der Waals surface area contributed by atoms with Crippen LogP contribution in [0.25, 0.3) is 5.69 Å². The Labute approximate surface area is 108 Å². The van der Waals surface area contributed by atoms with Crippen molar-refractivity contribution in [2.45, 2.75) is 13.8 Å². The molecule has 18 heavy (non-hydrogen) atoms. The number of nitrogens with zero attached hydrogens (tertiary/aromatic N) is 1. The lowest BCUT2D eigenvalue weighted by Crippen LogP contribution is -2.05. The highest BCUT2D eigenvalue weighted by molar-refractivity contribution is 6.33. The average molecular weight is 268 g/mol. The number of hydrogen-bond donors (Lipinski definition) is 1. The first-order chi connectivity index (χ1) is 8.41. The van der Waals surface area contributed by atoms with Crippen LogP contribution in [0.5, 0.6) is 0 Å². The Bertz CT molecular complexity index is 591. The van der Waals surface area contributed by atoms with Gasteiger partial charge < -0.3 is 9.67 Å². The molecule has 0 bridgehead atoms. The third-order valence-electron chi connectivity index (χ3n) is 2.77. The van der Waals surface area contributed by atoms with Gasteiger partial charge in [0, 0.05) is 17.1 Å². The number of aromatic carboxylic acids is 1. The van der Waals surface area contributed by atoms with E-state index in [2.05, 4.69) is 0 Å². The zero-order chi connectivity index (χ0) is 13.4. The topological polar surface area (TPSA) is 42.2 Å². The van der Waals surface area contributed by atoms with Gasteiger partial charge in [0.15, 0.2) is 0 Å². The van der Waals surface area contributed by atoms with E-state index >= 15 is 0 Å². The molecule has 94 valence electrons. The molecule has 0 fully saturated rings. The van der Waals surface area contributed by atoms with Gasteiger partial charge >= 0.3 is 5.97 Å². The molecule has 1 N–H and O–H groups in total. The average Bonchev–Trinajstić information content (AvgIpc) is 2.56. The first-order valence-electron chi connectivity index (χ1n) is 5.29. The number of carboxylic acids is 1. The summed E-state index contributed by atoms with van der Waals surface area (Å²) < 4.78 is 15.5. The standard InChI is InChI=1S/C13H11ClFNO2/c1-7-3-4-8(2)16(7)9-5-10(14)12(13(17)18)11(15)6-9/h3-6H,1-2H3,(H,17,18). The molecule has 0 aliphatic rings. The van der Waals surface area contributed by atoms with Gasteiger partial charge in [-0.1, -0.05) is 11.6 Å². The van der Waals surface area contributed by atoms with E-state index in [1.807, 2.05) is 26.0 Å². The summed E-state index contributed by atoms with van der Waals surface area (Å²) in [4.78, 5) is 10.8. The minimum absolute atomic E-state index is 0.106. The monoisotopic (exact) mass is 267 g/mol. The van der Waals surface area contributed by atoms with Crippen LogP contribution in [-0.2, 0) is 0 Å². The van der Waals surface area contributed by atoms with E-state index in [0.29, 0.717) is 5.69 Å². The van der Waals surface area contributed by atoms with E-state index in [4.69, 9.17) is 16.7 Å². The highest BCUT2D eigenvalue weighted by Gasteiger charge is 2.17. The Morgan fingerprint density at radius 3 is 2.28 bits per heavy atom. The van der Waals surface area contributed by atoms with E-state index in [1.54, 1.807) is 4.57 Å². The molecule has 2 rings (SSSR count). The molecule has 1 heterocycles. The number of carbonyl (C=O) groups is 1. The second-order valence-electron chi connectivity index (χ2n) is 4.04. The van der Waals surface area contributed by atoms with Crippen molar-refractivity contribution < 1.29 is 14.3 Å². The van der Waals surface area contributed by atoms with Gasteiger partial charge in [-0.15, -0.1) is 0 Å². The second kappa shape index (κ2) is 4.46. The van der Waals surface area contributed by atoms with Crippen molar-refractivity contribution in [3.8, 4) is 5.69 Å². The van der Waals surface area contributed by atoms with E-state index in [1.165, 1.54) is 12.1 Å². The molecule has 0 unspecified atom stereocenters. The molecular weight excluding hydrogens is 257 g/mol. The Morgan fingerprint density at radius 2 is 1.83 bits per heavy atom. The van der Waals surface area contributed by atoms with Gasteiger partial charge in [0.05, 0.1) is 5.02 Å². The Kier molecular flexibility index (Phi) is 3.13. The normalized spacial score (nSPS) is 10.7. The van der Waals surface area contributed by atoms with Crippen molar-refractivity contribution in [2.24, 2.45) is 0 Å². The lowest BCUT2D eigenvalue weighted by Gasteiger charge is -2.11. The zero-order valence-corrected chi connectivity index (χ0v) is 10.6. The highest BCUT2D eigenvalue weighted by Crippen LogP contribution is 2.25. The van der Waals surface area contributed by atoms with Crippen molar-refractivity contribution in [1.29, 1.82) is 0 Å². The SMILES string of the molecule is Cc1ccc(C)n1-c1cc(F)c(C(=O)O)c(Cl)c1. The molecule has 0 aliphatic heterocycles. The van der Waals surface area contributed by atoms with Gasteiger partial charge in [0.2, 0.25) is 0 Å². The fraction of sp³-hybridized carbons (Fsp3) is 0.154. The zero-order valence-electron chi connectivity index (χ0n) is 9.87. The predicted molar refractivity (Wildman–Crippen MR) is 67.2 cm³/mol. The van der Waals surface area contributed by atoms with Crippen LogP contribution in [0.3, 0.4) is 0 Å². The van der Waals surface area contributed by atoms with Crippen molar-refractivity contribution in [1.82, 2.24) is 4.57 Å².